The van der Waals surface area contributed by atoms with Gasteiger partial charge in [0.05, 0.1) is 0 Å². The number of ether oxygens (including phenoxy) is 1. The summed E-state index contributed by atoms with van der Waals surface area (Å²) in [5.74, 6) is 0.351. The molecule has 0 radical (unpaired) electrons. The molecule has 2 heteroatoms. The van der Waals surface area contributed by atoms with Gasteiger partial charge in [0.1, 0.15) is 0 Å². The van der Waals surface area contributed by atoms with Crippen molar-refractivity contribution in [2.45, 2.75) is 47.0 Å². The molecule has 0 bridgehead atoms. The SMILES string of the molecule is CCCCOCCC(CO)C(C)(C)C. The van der Waals surface area contributed by atoms with E-state index in [2.05, 4.69) is 27.7 Å². The van der Waals surface area contributed by atoms with Gasteiger partial charge in [-0.3, -0.25) is 0 Å². The quantitative estimate of drug-likeness (QED) is 0.643. The summed E-state index contributed by atoms with van der Waals surface area (Å²) >= 11 is 0. The van der Waals surface area contributed by atoms with Crippen LogP contribution >= 0.6 is 0 Å². The van der Waals surface area contributed by atoms with Crippen LogP contribution in [0.1, 0.15) is 47.0 Å². The van der Waals surface area contributed by atoms with Gasteiger partial charge in [0.15, 0.2) is 0 Å². The summed E-state index contributed by atoms with van der Waals surface area (Å²) in [7, 11) is 0. The lowest BCUT2D eigenvalue weighted by molar-refractivity contribution is 0.0668. The minimum absolute atomic E-state index is 0.183. The van der Waals surface area contributed by atoms with Crippen molar-refractivity contribution in [2.75, 3.05) is 19.8 Å². The Bertz CT molecular complexity index is 127. The third-order valence-electron chi connectivity index (χ3n) is 2.70. The van der Waals surface area contributed by atoms with Crippen molar-refractivity contribution in [3.05, 3.63) is 0 Å². The molecule has 0 fully saturated rings. The van der Waals surface area contributed by atoms with Gasteiger partial charge in [-0.1, -0.05) is 34.1 Å². The van der Waals surface area contributed by atoms with Crippen LogP contribution in [0.15, 0.2) is 0 Å². The maximum absolute atomic E-state index is 9.21. The molecule has 0 amide bonds. The normalized spacial score (nSPS) is 14.4. The first-order chi connectivity index (χ1) is 6.52. The molecule has 14 heavy (non-hydrogen) atoms. The van der Waals surface area contributed by atoms with E-state index in [0.29, 0.717) is 5.92 Å². The van der Waals surface area contributed by atoms with E-state index in [-0.39, 0.29) is 12.0 Å². The van der Waals surface area contributed by atoms with Crippen molar-refractivity contribution in [3.63, 3.8) is 0 Å². The van der Waals surface area contributed by atoms with Crippen molar-refractivity contribution in [1.82, 2.24) is 0 Å². The highest BCUT2D eigenvalue weighted by atomic mass is 16.5. The molecule has 2 nitrogen and oxygen atoms in total. The van der Waals surface area contributed by atoms with Crippen LogP contribution in [-0.2, 0) is 4.74 Å². The lowest BCUT2D eigenvalue weighted by Gasteiger charge is -2.28. The van der Waals surface area contributed by atoms with Gasteiger partial charge in [-0.05, 0) is 24.2 Å². The fourth-order valence-corrected chi connectivity index (χ4v) is 1.37. The molecule has 0 spiro atoms. The van der Waals surface area contributed by atoms with Crippen LogP contribution in [0.4, 0.5) is 0 Å². The first kappa shape index (κ1) is 13.9. The molecule has 0 aliphatic carbocycles. The molecule has 0 aliphatic rings. The minimum Gasteiger partial charge on any atom is -0.396 e. The molecule has 1 N–H and O–H groups in total. The zero-order chi connectivity index (χ0) is 11.0. The smallest absolute Gasteiger partial charge is 0.0469 e. The largest absolute Gasteiger partial charge is 0.396 e. The molecule has 1 unspecified atom stereocenters. The summed E-state index contributed by atoms with van der Waals surface area (Å²) in [6.45, 7) is 10.6. The van der Waals surface area contributed by atoms with Crippen molar-refractivity contribution < 1.29 is 9.84 Å². The zero-order valence-electron chi connectivity index (χ0n) is 10.2. The standard InChI is InChI=1S/C12H26O2/c1-5-6-8-14-9-7-11(10-13)12(2,3)4/h11,13H,5-10H2,1-4H3. The van der Waals surface area contributed by atoms with Crippen molar-refractivity contribution in [2.24, 2.45) is 11.3 Å². The Kier molecular flexibility index (Phi) is 7.20. The number of aliphatic hydroxyl groups excluding tert-OH is 1. The van der Waals surface area contributed by atoms with Gasteiger partial charge < -0.3 is 9.84 Å². The predicted octanol–water partition coefficient (Wildman–Crippen LogP) is 2.85. The minimum atomic E-state index is 0.183. The van der Waals surface area contributed by atoms with Crippen LogP contribution in [0, 0.1) is 11.3 Å². The second kappa shape index (κ2) is 7.24. The summed E-state index contributed by atoms with van der Waals surface area (Å²) in [6, 6.07) is 0. The number of rotatable bonds is 7. The van der Waals surface area contributed by atoms with Crippen LogP contribution in [0.2, 0.25) is 0 Å². The van der Waals surface area contributed by atoms with E-state index < -0.39 is 0 Å². The zero-order valence-corrected chi connectivity index (χ0v) is 10.2. The molecule has 0 rings (SSSR count). The van der Waals surface area contributed by atoms with Gasteiger partial charge in [0.25, 0.3) is 0 Å². The molecule has 0 heterocycles. The first-order valence-electron chi connectivity index (χ1n) is 5.71. The summed E-state index contributed by atoms with van der Waals surface area (Å²) in [4.78, 5) is 0. The Morgan fingerprint density at radius 3 is 2.29 bits per heavy atom. The van der Waals surface area contributed by atoms with Gasteiger partial charge in [-0.25, -0.2) is 0 Å². The molecule has 0 aliphatic heterocycles. The average Bonchev–Trinajstić information content (AvgIpc) is 2.09. The van der Waals surface area contributed by atoms with Gasteiger partial charge in [-0.2, -0.15) is 0 Å². The molecule has 0 aromatic rings. The van der Waals surface area contributed by atoms with E-state index in [9.17, 15) is 5.11 Å². The highest BCUT2D eigenvalue weighted by molar-refractivity contribution is 4.72. The van der Waals surface area contributed by atoms with Crippen molar-refractivity contribution >= 4 is 0 Å². The van der Waals surface area contributed by atoms with Crippen LogP contribution in [0.25, 0.3) is 0 Å². The Hall–Kier alpha value is -0.0800. The van der Waals surface area contributed by atoms with E-state index in [1.807, 2.05) is 0 Å². The molecule has 0 aromatic heterocycles. The van der Waals surface area contributed by atoms with Gasteiger partial charge in [0, 0.05) is 19.8 Å². The molecule has 86 valence electrons. The highest BCUT2D eigenvalue weighted by Gasteiger charge is 2.23. The summed E-state index contributed by atoms with van der Waals surface area (Å²) in [6.07, 6.45) is 3.28. The van der Waals surface area contributed by atoms with E-state index >= 15 is 0 Å². The molecule has 0 aromatic carbocycles. The maximum Gasteiger partial charge on any atom is 0.0469 e. The monoisotopic (exact) mass is 202 g/mol. The van der Waals surface area contributed by atoms with E-state index in [4.69, 9.17) is 4.74 Å². The number of hydrogen-bond donors (Lipinski definition) is 1. The maximum atomic E-state index is 9.21. The van der Waals surface area contributed by atoms with E-state index in [1.54, 1.807) is 0 Å². The Labute approximate surface area is 88.7 Å². The number of aliphatic hydroxyl groups is 1. The average molecular weight is 202 g/mol. The number of unbranched alkanes of at least 4 members (excludes halogenated alkanes) is 1. The van der Waals surface area contributed by atoms with Gasteiger partial charge in [-0.15, -0.1) is 0 Å². The van der Waals surface area contributed by atoms with Gasteiger partial charge in [0.2, 0.25) is 0 Å². The van der Waals surface area contributed by atoms with Crippen LogP contribution in [-0.4, -0.2) is 24.9 Å². The highest BCUT2D eigenvalue weighted by Crippen LogP contribution is 2.27. The molecular formula is C12H26O2. The lowest BCUT2D eigenvalue weighted by Crippen LogP contribution is -2.25. The molecule has 0 saturated carbocycles. The summed E-state index contributed by atoms with van der Waals surface area (Å²) in [5.41, 5.74) is 0.183. The van der Waals surface area contributed by atoms with Crippen molar-refractivity contribution in [3.8, 4) is 0 Å². The first-order valence-corrected chi connectivity index (χ1v) is 5.71. The topological polar surface area (TPSA) is 29.5 Å². The van der Waals surface area contributed by atoms with E-state index in [0.717, 1.165) is 26.1 Å². The predicted molar refractivity (Wildman–Crippen MR) is 60.4 cm³/mol. The Morgan fingerprint density at radius 2 is 1.86 bits per heavy atom. The second-order valence-electron chi connectivity index (χ2n) is 5.00. The fraction of sp³-hybridized carbons (Fsp3) is 1.00. The molecule has 1 atom stereocenters. The Balaban J connectivity index is 3.54. The third-order valence-corrected chi connectivity index (χ3v) is 2.70. The van der Waals surface area contributed by atoms with Crippen LogP contribution in [0.5, 0.6) is 0 Å². The number of hydrogen-bond acceptors (Lipinski definition) is 2. The second-order valence-corrected chi connectivity index (χ2v) is 5.00. The lowest BCUT2D eigenvalue weighted by atomic mass is 9.79. The summed E-state index contributed by atoms with van der Waals surface area (Å²) in [5, 5.41) is 9.21. The summed E-state index contributed by atoms with van der Waals surface area (Å²) < 4.78 is 5.49. The Morgan fingerprint density at radius 1 is 1.21 bits per heavy atom. The van der Waals surface area contributed by atoms with Crippen LogP contribution < -0.4 is 0 Å². The van der Waals surface area contributed by atoms with E-state index in [1.165, 1.54) is 6.42 Å². The molecular weight excluding hydrogens is 176 g/mol. The van der Waals surface area contributed by atoms with Crippen molar-refractivity contribution in [1.29, 1.82) is 0 Å². The van der Waals surface area contributed by atoms with Gasteiger partial charge >= 0.3 is 0 Å². The molecule has 0 saturated heterocycles. The fourth-order valence-electron chi connectivity index (χ4n) is 1.37. The van der Waals surface area contributed by atoms with Crippen LogP contribution in [0.3, 0.4) is 0 Å². The third kappa shape index (κ3) is 6.39.